The van der Waals surface area contributed by atoms with Crippen LogP contribution in [-0.2, 0) is 14.3 Å². The molecule has 0 aromatic rings. The Morgan fingerprint density at radius 1 is 0.486 bits per heavy atom. The van der Waals surface area contributed by atoms with E-state index >= 15 is 0 Å². The molecule has 1 N–H and O–H groups in total. The Morgan fingerprint density at radius 2 is 0.829 bits per heavy atom. The molecule has 0 saturated heterocycles. The Kier molecular flexibility index (Phi) is 28.3. The topological polar surface area (TPSA) is 55.4 Å². The van der Waals surface area contributed by atoms with Gasteiger partial charge < -0.3 is 10.1 Å². The zero-order valence-electron chi connectivity index (χ0n) is 23.8. The van der Waals surface area contributed by atoms with Gasteiger partial charge in [-0.15, -0.1) is 0 Å². The molecule has 0 unspecified atom stereocenters. The van der Waals surface area contributed by atoms with Crippen LogP contribution in [0.1, 0.15) is 174 Å². The average molecular weight is 496 g/mol. The molecule has 0 aliphatic rings. The van der Waals surface area contributed by atoms with Crippen molar-refractivity contribution >= 4 is 11.9 Å². The Bertz CT molecular complexity index is 453. The van der Waals surface area contributed by atoms with Crippen LogP contribution >= 0.6 is 0 Å². The number of ether oxygens (including phenoxy) is 1. The molecule has 0 saturated carbocycles. The maximum Gasteiger partial charge on any atom is 0.305 e. The van der Waals surface area contributed by atoms with Gasteiger partial charge in [0.2, 0.25) is 5.91 Å². The van der Waals surface area contributed by atoms with Crippen molar-refractivity contribution in [3.63, 3.8) is 0 Å². The number of esters is 1. The van der Waals surface area contributed by atoms with Crippen molar-refractivity contribution in [2.75, 3.05) is 13.2 Å². The SMILES string of the molecule is CCCCCCCCCCCCCCCC(=O)NCCOC(=O)CCCCCCCCCCCC. The van der Waals surface area contributed by atoms with E-state index in [1.165, 1.54) is 122 Å². The van der Waals surface area contributed by atoms with Gasteiger partial charge in [-0.05, 0) is 12.8 Å². The fourth-order valence-electron chi connectivity index (χ4n) is 4.58. The van der Waals surface area contributed by atoms with Crippen LogP contribution in [0.5, 0.6) is 0 Å². The predicted molar refractivity (Wildman–Crippen MR) is 151 cm³/mol. The first-order valence-corrected chi connectivity index (χ1v) is 15.6. The Morgan fingerprint density at radius 3 is 1.23 bits per heavy atom. The molecule has 4 nitrogen and oxygen atoms in total. The Labute approximate surface area is 219 Å². The smallest absolute Gasteiger partial charge is 0.305 e. The van der Waals surface area contributed by atoms with Crippen molar-refractivity contribution in [3.8, 4) is 0 Å². The third-order valence-corrected chi connectivity index (χ3v) is 6.93. The lowest BCUT2D eigenvalue weighted by Crippen LogP contribution is -2.27. The molecule has 1 amide bonds. The molecule has 0 aliphatic carbocycles. The Balaban J connectivity index is 3.27. The van der Waals surface area contributed by atoms with Crippen LogP contribution in [0.3, 0.4) is 0 Å². The van der Waals surface area contributed by atoms with Crippen molar-refractivity contribution in [2.24, 2.45) is 0 Å². The molecule has 0 aromatic heterocycles. The van der Waals surface area contributed by atoms with Crippen molar-refractivity contribution in [1.82, 2.24) is 5.32 Å². The highest BCUT2D eigenvalue weighted by atomic mass is 16.5. The molecule has 0 fully saturated rings. The summed E-state index contributed by atoms with van der Waals surface area (Å²) < 4.78 is 5.24. The zero-order valence-corrected chi connectivity index (χ0v) is 23.8. The zero-order chi connectivity index (χ0) is 25.7. The number of hydrogen-bond donors (Lipinski definition) is 1. The van der Waals surface area contributed by atoms with Gasteiger partial charge in [-0.1, -0.05) is 149 Å². The quantitative estimate of drug-likeness (QED) is 0.0868. The first kappa shape index (κ1) is 33.9. The standard InChI is InChI=1S/C31H61NO3/c1-3-5-7-9-11-13-15-16-17-18-20-22-24-26-30(33)32-28-29-35-31(34)27-25-23-21-19-14-12-10-8-6-4-2/h3-29H2,1-2H3,(H,32,33). The van der Waals surface area contributed by atoms with Gasteiger partial charge in [0.1, 0.15) is 6.61 Å². The summed E-state index contributed by atoms with van der Waals surface area (Å²) in [5.41, 5.74) is 0. The second-order valence-electron chi connectivity index (χ2n) is 10.5. The maximum atomic E-state index is 11.9. The molecule has 0 rings (SSSR count). The molecular weight excluding hydrogens is 434 g/mol. The normalized spacial score (nSPS) is 11.0. The van der Waals surface area contributed by atoms with Gasteiger partial charge >= 0.3 is 5.97 Å². The molecule has 0 spiro atoms. The number of rotatable bonds is 28. The average Bonchev–Trinajstić information content (AvgIpc) is 2.86. The lowest BCUT2D eigenvalue weighted by Gasteiger charge is -2.07. The second kappa shape index (κ2) is 29.2. The predicted octanol–water partition coefficient (Wildman–Crippen LogP) is 9.44. The van der Waals surface area contributed by atoms with E-state index in [0.717, 1.165) is 25.7 Å². The van der Waals surface area contributed by atoms with Crippen molar-refractivity contribution < 1.29 is 14.3 Å². The molecule has 35 heavy (non-hydrogen) atoms. The number of amides is 1. The van der Waals surface area contributed by atoms with Crippen LogP contribution in [0, 0.1) is 0 Å². The van der Waals surface area contributed by atoms with E-state index < -0.39 is 0 Å². The third kappa shape index (κ3) is 29.1. The Hall–Kier alpha value is -1.06. The molecule has 0 atom stereocenters. The monoisotopic (exact) mass is 495 g/mol. The summed E-state index contributed by atoms with van der Waals surface area (Å²) in [6.07, 6.45) is 30.8. The minimum absolute atomic E-state index is 0.0822. The first-order valence-electron chi connectivity index (χ1n) is 15.6. The molecular formula is C31H61NO3. The molecule has 4 heteroatoms. The van der Waals surface area contributed by atoms with Gasteiger partial charge in [0.15, 0.2) is 0 Å². The van der Waals surface area contributed by atoms with Crippen LogP contribution in [-0.4, -0.2) is 25.0 Å². The third-order valence-electron chi connectivity index (χ3n) is 6.93. The van der Waals surface area contributed by atoms with Gasteiger partial charge in [-0.25, -0.2) is 0 Å². The maximum absolute atomic E-state index is 11.9. The number of carbonyl (C=O) groups excluding carboxylic acids is 2. The molecule has 0 bridgehead atoms. The summed E-state index contributed by atoms with van der Waals surface area (Å²) in [7, 11) is 0. The number of carbonyl (C=O) groups is 2. The van der Waals surface area contributed by atoms with Gasteiger partial charge in [0.25, 0.3) is 0 Å². The largest absolute Gasteiger partial charge is 0.464 e. The summed E-state index contributed by atoms with van der Waals surface area (Å²) >= 11 is 0. The van der Waals surface area contributed by atoms with Gasteiger partial charge in [-0.3, -0.25) is 9.59 Å². The molecule has 0 aromatic carbocycles. The van der Waals surface area contributed by atoms with E-state index in [4.69, 9.17) is 4.74 Å². The summed E-state index contributed by atoms with van der Waals surface area (Å²) in [6.45, 7) is 5.25. The lowest BCUT2D eigenvalue weighted by atomic mass is 10.0. The van der Waals surface area contributed by atoms with Gasteiger partial charge in [-0.2, -0.15) is 0 Å². The van der Waals surface area contributed by atoms with Crippen LogP contribution in [0.15, 0.2) is 0 Å². The number of nitrogens with one attached hydrogen (secondary N) is 1. The van der Waals surface area contributed by atoms with Crippen LogP contribution < -0.4 is 5.32 Å². The molecule has 0 heterocycles. The van der Waals surface area contributed by atoms with Crippen molar-refractivity contribution in [3.05, 3.63) is 0 Å². The highest BCUT2D eigenvalue weighted by molar-refractivity contribution is 5.75. The van der Waals surface area contributed by atoms with E-state index in [1.807, 2.05) is 0 Å². The van der Waals surface area contributed by atoms with Crippen LogP contribution in [0.2, 0.25) is 0 Å². The molecule has 0 radical (unpaired) electrons. The highest BCUT2D eigenvalue weighted by Gasteiger charge is 2.04. The summed E-state index contributed by atoms with van der Waals surface area (Å²) in [5, 5.41) is 2.87. The van der Waals surface area contributed by atoms with E-state index in [-0.39, 0.29) is 11.9 Å². The fraction of sp³-hybridized carbons (Fsp3) is 0.935. The first-order chi connectivity index (χ1) is 17.2. The van der Waals surface area contributed by atoms with Crippen molar-refractivity contribution in [1.29, 1.82) is 0 Å². The minimum atomic E-state index is -0.129. The fourth-order valence-corrected chi connectivity index (χ4v) is 4.58. The van der Waals surface area contributed by atoms with Crippen LogP contribution in [0.4, 0.5) is 0 Å². The van der Waals surface area contributed by atoms with Crippen molar-refractivity contribution in [2.45, 2.75) is 174 Å². The summed E-state index contributed by atoms with van der Waals surface area (Å²) in [5.74, 6) is -0.0471. The summed E-state index contributed by atoms with van der Waals surface area (Å²) in [6, 6.07) is 0. The van der Waals surface area contributed by atoms with E-state index in [2.05, 4.69) is 19.2 Å². The second-order valence-corrected chi connectivity index (χ2v) is 10.5. The van der Waals surface area contributed by atoms with Gasteiger partial charge in [0.05, 0.1) is 6.54 Å². The van der Waals surface area contributed by atoms with E-state index in [0.29, 0.717) is 26.0 Å². The van der Waals surface area contributed by atoms with E-state index in [9.17, 15) is 9.59 Å². The molecule has 0 aliphatic heterocycles. The molecule has 208 valence electrons. The lowest BCUT2D eigenvalue weighted by molar-refractivity contribution is -0.144. The number of unbranched alkanes of at least 4 members (excludes halogenated alkanes) is 21. The summed E-state index contributed by atoms with van der Waals surface area (Å²) in [4.78, 5) is 23.7. The number of hydrogen-bond acceptors (Lipinski definition) is 3. The van der Waals surface area contributed by atoms with E-state index in [1.54, 1.807) is 0 Å². The van der Waals surface area contributed by atoms with Crippen LogP contribution in [0.25, 0.3) is 0 Å². The highest BCUT2D eigenvalue weighted by Crippen LogP contribution is 2.13. The van der Waals surface area contributed by atoms with Gasteiger partial charge in [0, 0.05) is 12.8 Å². The minimum Gasteiger partial charge on any atom is -0.464 e.